The molecule has 134 valence electrons. The quantitative estimate of drug-likeness (QED) is 0.742. The lowest BCUT2D eigenvalue weighted by molar-refractivity contribution is 0.347. The lowest BCUT2D eigenvalue weighted by Crippen LogP contribution is -2.42. The molecule has 0 radical (unpaired) electrons. The van der Waals surface area contributed by atoms with Gasteiger partial charge in [0.2, 0.25) is 0 Å². The molecule has 26 heavy (non-hydrogen) atoms. The van der Waals surface area contributed by atoms with E-state index in [2.05, 4.69) is 58.7 Å². The summed E-state index contributed by atoms with van der Waals surface area (Å²) >= 11 is 0. The van der Waals surface area contributed by atoms with Crippen molar-refractivity contribution < 1.29 is 4.52 Å². The minimum absolute atomic E-state index is 0.529. The lowest BCUT2D eigenvalue weighted by atomic mass is 10.0. The standard InChI is InChI=1S/C22H25N3O/c1-17-6-5-9-20(14-17)25-12-10-19(11-13-25)23-16-21-15-22(24-26-21)18-7-3-2-4-8-18/h2-9,14-15,19,23H,10-13,16H2,1H3. The van der Waals surface area contributed by atoms with E-state index in [4.69, 9.17) is 4.52 Å². The maximum absolute atomic E-state index is 5.49. The zero-order chi connectivity index (χ0) is 17.8. The summed E-state index contributed by atoms with van der Waals surface area (Å²) in [4.78, 5) is 2.48. The zero-order valence-corrected chi connectivity index (χ0v) is 15.2. The van der Waals surface area contributed by atoms with Crippen molar-refractivity contribution in [1.29, 1.82) is 0 Å². The van der Waals surface area contributed by atoms with Gasteiger partial charge in [-0.25, -0.2) is 0 Å². The number of aryl methyl sites for hydroxylation is 1. The van der Waals surface area contributed by atoms with Gasteiger partial charge in [-0.05, 0) is 37.5 Å². The normalized spacial score (nSPS) is 15.3. The molecule has 0 bridgehead atoms. The van der Waals surface area contributed by atoms with Crippen molar-refractivity contribution in [2.45, 2.75) is 32.4 Å². The maximum Gasteiger partial charge on any atom is 0.151 e. The number of rotatable bonds is 5. The Labute approximate surface area is 154 Å². The van der Waals surface area contributed by atoms with Gasteiger partial charge in [-0.3, -0.25) is 0 Å². The first-order valence-electron chi connectivity index (χ1n) is 9.34. The highest BCUT2D eigenvalue weighted by atomic mass is 16.5. The lowest BCUT2D eigenvalue weighted by Gasteiger charge is -2.34. The third-order valence-electron chi connectivity index (χ3n) is 5.06. The van der Waals surface area contributed by atoms with Crippen molar-refractivity contribution in [2.24, 2.45) is 0 Å². The Morgan fingerprint density at radius 3 is 2.62 bits per heavy atom. The van der Waals surface area contributed by atoms with Crippen LogP contribution in [0.5, 0.6) is 0 Å². The van der Waals surface area contributed by atoms with Crippen LogP contribution >= 0.6 is 0 Å². The van der Waals surface area contributed by atoms with Crippen LogP contribution in [-0.2, 0) is 6.54 Å². The highest BCUT2D eigenvalue weighted by molar-refractivity contribution is 5.58. The van der Waals surface area contributed by atoms with Gasteiger partial charge in [0, 0.05) is 36.4 Å². The molecule has 0 aliphatic carbocycles. The van der Waals surface area contributed by atoms with Gasteiger partial charge in [0.1, 0.15) is 5.69 Å². The van der Waals surface area contributed by atoms with Crippen LogP contribution in [0.15, 0.2) is 65.2 Å². The topological polar surface area (TPSA) is 41.3 Å². The maximum atomic E-state index is 5.49. The Kier molecular flexibility index (Phi) is 5.02. The molecule has 4 heteroatoms. The second-order valence-electron chi connectivity index (χ2n) is 7.03. The number of benzene rings is 2. The summed E-state index contributed by atoms with van der Waals surface area (Å²) in [6.45, 7) is 5.06. The van der Waals surface area contributed by atoms with E-state index in [9.17, 15) is 0 Å². The van der Waals surface area contributed by atoms with Crippen molar-refractivity contribution in [3.05, 3.63) is 72.0 Å². The second-order valence-corrected chi connectivity index (χ2v) is 7.03. The van der Waals surface area contributed by atoms with E-state index in [1.807, 2.05) is 24.3 Å². The van der Waals surface area contributed by atoms with Crippen LogP contribution in [0.1, 0.15) is 24.2 Å². The summed E-state index contributed by atoms with van der Waals surface area (Å²) in [5.41, 5.74) is 4.65. The van der Waals surface area contributed by atoms with Crippen molar-refractivity contribution in [3.63, 3.8) is 0 Å². The number of anilines is 1. The molecule has 2 heterocycles. The SMILES string of the molecule is Cc1cccc(N2CCC(NCc3cc(-c4ccccc4)no3)CC2)c1. The molecule has 4 nitrogen and oxygen atoms in total. The van der Waals surface area contributed by atoms with E-state index in [0.717, 1.165) is 49.5 Å². The van der Waals surface area contributed by atoms with E-state index in [1.165, 1.54) is 11.3 Å². The average Bonchev–Trinajstić information content (AvgIpc) is 3.17. The molecule has 3 aromatic rings. The van der Waals surface area contributed by atoms with Crippen LogP contribution in [0.2, 0.25) is 0 Å². The molecule has 1 aromatic heterocycles. The molecular formula is C22H25N3O. The van der Waals surface area contributed by atoms with Gasteiger partial charge in [0.25, 0.3) is 0 Å². The highest BCUT2D eigenvalue weighted by Gasteiger charge is 2.19. The monoisotopic (exact) mass is 347 g/mol. The Balaban J connectivity index is 1.28. The van der Waals surface area contributed by atoms with Crippen LogP contribution in [0.4, 0.5) is 5.69 Å². The molecule has 0 spiro atoms. The molecule has 4 rings (SSSR count). The Morgan fingerprint density at radius 2 is 1.85 bits per heavy atom. The summed E-state index contributed by atoms with van der Waals surface area (Å²) in [7, 11) is 0. The fraction of sp³-hybridized carbons (Fsp3) is 0.318. The molecule has 1 saturated heterocycles. The van der Waals surface area contributed by atoms with E-state index in [-0.39, 0.29) is 0 Å². The van der Waals surface area contributed by atoms with Crippen molar-refractivity contribution in [3.8, 4) is 11.3 Å². The van der Waals surface area contributed by atoms with E-state index < -0.39 is 0 Å². The summed E-state index contributed by atoms with van der Waals surface area (Å²) in [6, 6.07) is 21.5. The van der Waals surface area contributed by atoms with Crippen LogP contribution < -0.4 is 10.2 Å². The first-order valence-corrected chi connectivity index (χ1v) is 9.34. The van der Waals surface area contributed by atoms with Crippen LogP contribution in [0.25, 0.3) is 11.3 Å². The van der Waals surface area contributed by atoms with Crippen LogP contribution in [0, 0.1) is 6.92 Å². The molecule has 0 amide bonds. The van der Waals surface area contributed by atoms with Crippen molar-refractivity contribution >= 4 is 5.69 Å². The smallest absolute Gasteiger partial charge is 0.151 e. The van der Waals surface area contributed by atoms with Crippen molar-refractivity contribution in [2.75, 3.05) is 18.0 Å². The Bertz CT molecular complexity index is 835. The minimum Gasteiger partial charge on any atom is -0.371 e. The summed E-state index contributed by atoms with van der Waals surface area (Å²) in [5, 5.41) is 7.81. The number of aromatic nitrogens is 1. The number of hydrogen-bond acceptors (Lipinski definition) is 4. The molecular weight excluding hydrogens is 322 g/mol. The van der Waals surface area contributed by atoms with Gasteiger partial charge in [-0.2, -0.15) is 0 Å². The fourth-order valence-corrected chi connectivity index (χ4v) is 3.55. The molecule has 1 fully saturated rings. The van der Waals surface area contributed by atoms with Gasteiger partial charge >= 0.3 is 0 Å². The predicted molar refractivity (Wildman–Crippen MR) is 105 cm³/mol. The van der Waals surface area contributed by atoms with E-state index in [1.54, 1.807) is 0 Å². The molecule has 2 aromatic carbocycles. The molecule has 0 saturated carbocycles. The molecule has 1 aliphatic heterocycles. The van der Waals surface area contributed by atoms with E-state index >= 15 is 0 Å². The fourth-order valence-electron chi connectivity index (χ4n) is 3.55. The third-order valence-corrected chi connectivity index (χ3v) is 5.06. The number of nitrogens with zero attached hydrogens (tertiary/aromatic N) is 2. The molecule has 1 aliphatic rings. The van der Waals surface area contributed by atoms with Gasteiger partial charge in [0.15, 0.2) is 5.76 Å². The summed E-state index contributed by atoms with van der Waals surface area (Å²) < 4.78 is 5.49. The Hall–Kier alpha value is -2.59. The first kappa shape index (κ1) is 16.9. The van der Waals surface area contributed by atoms with Crippen LogP contribution in [0.3, 0.4) is 0 Å². The molecule has 0 atom stereocenters. The van der Waals surface area contributed by atoms with Gasteiger partial charge in [0.05, 0.1) is 6.54 Å². The molecule has 0 unspecified atom stereocenters. The van der Waals surface area contributed by atoms with E-state index in [0.29, 0.717) is 6.04 Å². The number of piperidine rings is 1. The summed E-state index contributed by atoms with van der Waals surface area (Å²) in [5.74, 6) is 0.893. The summed E-state index contributed by atoms with van der Waals surface area (Å²) in [6.07, 6.45) is 2.29. The second kappa shape index (κ2) is 7.75. The van der Waals surface area contributed by atoms with Gasteiger partial charge < -0.3 is 14.7 Å². The van der Waals surface area contributed by atoms with Gasteiger partial charge in [-0.15, -0.1) is 0 Å². The third kappa shape index (κ3) is 3.97. The average molecular weight is 347 g/mol. The largest absolute Gasteiger partial charge is 0.371 e. The molecule has 1 N–H and O–H groups in total. The first-order chi connectivity index (χ1) is 12.8. The zero-order valence-electron chi connectivity index (χ0n) is 15.2. The minimum atomic E-state index is 0.529. The predicted octanol–water partition coefficient (Wildman–Crippen LogP) is 4.41. The number of hydrogen-bond donors (Lipinski definition) is 1. The Morgan fingerprint density at radius 1 is 1.04 bits per heavy atom. The van der Waals surface area contributed by atoms with Crippen LogP contribution in [-0.4, -0.2) is 24.3 Å². The van der Waals surface area contributed by atoms with Crippen molar-refractivity contribution in [1.82, 2.24) is 10.5 Å². The highest BCUT2D eigenvalue weighted by Crippen LogP contribution is 2.22. The van der Waals surface area contributed by atoms with Gasteiger partial charge in [-0.1, -0.05) is 47.6 Å². The number of nitrogens with one attached hydrogen (secondary N) is 1.